The van der Waals surface area contributed by atoms with Crippen molar-refractivity contribution in [1.82, 2.24) is 9.13 Å². The number of hydrogen-bond acceptors (Lipinski definition) is 2. The third-order valence-electron chi connectivity index (χ3n) is 11.3. The highest BCUT2D eigenvalue weighted by molar-refractivity contribution is 6.11. The summed E-state index contributed by atoms with van der Waals surface area (Å²) in [6, 6.07) is 41.7. The molecule has 0 saturated heterocycles. The van der Waals surface area contributed by atoms with E-state index in [1.165, 1.54) is 12.1 Å². The molecule has 0 N–H and O–H groups in total. The van der Waals surface area contributed by atoms with Crippen LogP contribution in [-0.2, 0) is 12.6 Å². The van der Waals surface area contributed by atoms with Crippen molar-refractivity contribution in [3.05, 3.63) is 191 Å². The highest BCUT2D eigenvalue weighted by atomic mass is 19.4. The van der Waals surface area contributed by atoms with Gasteiger partial charge in [0.05, 0.1) is 62.1 Å². The SMILES string of the molecule is N#Cc1cc(-n2c3c(c4ccc(=C5C=CC=CC5)cc42)CC=CC=3)c(-c2ccc(C#N)cc2C(F)(F)F)c(-n2c3ccccc3c3ccc(-c4ccccc4)cc32)c1. The number of alkyl halides is 3. The van der Waals surface area contributed by atoms with Gasteiger partial charge >= 0.3 is 6.18 Å². The van der Waals surface area contributed by atoms with Crippen LogP contribution in [0.25, 0.3) is 78.0 Å². The number of allylic oxidation sites excluding steroid dienone is 6. The zero-order valence-corrected chi connectivity index (χ0v) is 30.9. The molecule has 0 fully saturated rings. The Labute approximate surface area is 331 Å². The zero-order valence-electron chi connectivity index (χ0n) is 30.9. The first kappa shape index (κ1) is 34.8. The molecule has 58 heavy (non-hydrogen) atoms. The molecule has 4 nitrogen and oxygen atoms in total. The van der Waals surface area contributed by atoms with Crippen LogP contribution in [-0.4, -0.2) is 9.13 Å². The van der Waals surface area contributed by atoms with Gasteiger partial charge in [0.15, 0.2) is 0 Å². The molecule has 0 saturated carbocycles. The number of hydrogen-bond donors (Lipinski definition) is 0. The lowest BCUT2D eigenvalue weighted by molar-refractivity contribution is -0.137. The molecule has 0 amide bonds. The quantitative estimate of drug-likeness (QED) is 0.180. The number of halogens is 3. The third-order valence-corrected chi connectivity index (χ3v) is 11.3. The van der Waals surface area contributed by atoms with Crippen LogP contribution in [0.5, 0.6) is 0 Å². The molecular weight excluding hydrogens is 726 g/mol. The van der Waals surface area contributed by atoms with Crippen LogP contribution < -0.4 is 10.6 Å². The van der Waals surface area contributed by atoms with E-state index in [-0.39, 0.29) is 22.3 Å². The molecule has 6 aromatic carbocycles. The van der Waals surface area contributed by atoms with Gasteiger partial charge in [-0.25, -0.2) is 0 Å². The Balaban J connectivity index is 1.42. The summed E-state index contributed by atoms with van der Waals surface area (Å²) in [4.78, 5) is 0. The van der Waals surface area contributed by atoms with Crippen LogP contribution in [0.2, 0.25) is 0 Å². The van der Waals surface area contributed by atoms with Crippen molar-refractivity contribution in [2.75, 3.05) is 0 Å². The zero-order chi connectivity index (χ0) is 39.5. The standard InChI is InChI=1S/C51H31F3N4/c52-51(53,54)43-25-32(30-55)19-22-42(43)50-48(57-44-17-9-7-15-38(44)40-23-20-36(28-46(40)57)34-11-3-1-4-12-34)26-33(31-56)27-49(50)58-45-18-10-8-16-39(45)41-24-21-37(29-47(41)58)35-13-5-2-6-14-35/h1-13,15,17-29H,14,16H2. The van der Waals surface area contributed by atoms with E-state index < -0.39 is 11.7 Å². The van der Waals surface area contributed by atoms with Gasteiger partial charge in [-0.05, 0) is 94.4 Å². The molecule has 7 heteroatoms. The summed E-state index contributed by atoms with van der Waals surface area (Å²) in [7, 11) is 0. The molecular formula is C51H31F3N4. The van der Waals surface area contributed by atoms with Crippen molar-refractivity contribution in [1.29, 1.82) is 10.5 Å². The number of aromatic nitrogens is 2. The maximum absolute atomic E-state index is 15.5. The maximum Gasteiger partial charge on any atom is 0.417 e. The largest absolute Gasteiger partial charge is 0.417 e. The molecule has 0 spiro atoms. The minimum atomic E-state index is -4.82. The predicted octanol–water partition coefficient (Wildman–Crippen LogP) is 11.4. The Kier molecular flexibility index (Phi) is 8.14. The van der Waals surface area contributed by atoms with Gasteiger partial charge in [-0.15, -0.1) is 0 Å². The van der Waals surface area contributed by atoms with Crippen LogP contribution in [0.1, 0.15) is 28.7 Å². The first-order valence-electron chi connectivity index (χ1n) is 19.0. The van der Waals surface area contributed by atoms with Crippen LogP contribution in [0.15, 0.2) is 158 Å². The molecule has 2 heterocycles. The molecule has 0 aliphatic heterocycles. The van der Waals surface area contributed by atoms with Crippen molar-refractivity contribution < 1.29 is 13.2 Å². The molecule has 0 bridgehead atoms. The van der Waals surface area contributed by atoms with E-state index in [1.54, 1.807) is 12.1 Å². The lowest BCUT2D eigenvalue weighted by Gasteiger charge is -2.23. The fraction of sp³-hybridized carbons (Fsp3) is 0.0588. The van der Waals surface area contributed by atoms with E-state index >= 15 is 13.2 Å². The van der Waals surface area contributed by atoms with Gasteiger partial charge in [0.2, 0.25) is 0 Å². The molecule has 0 atom stereocenters. The molecule has 0 unspecified atom stereocenters. The summed E-state index contributed by atoms with van der Waals surface area (Å²) in [5.74, 6) is 0. The van der Waals surface area contributed by atoms with Crippen molar-refractivity contribution in [3.63, 3.8) is 0 Å². The van der Waals surface area contributed by atoms with E-state index in [0.29, 0.717) is 17.8 Å². The van der Waals surface area contributed by atoms with Crippen LogP contribution in [0.4, 0.5) is 13.2 Å². The maximum atomic E-state index is 15.5. The van der Waals surface area contributed by atoms with Gasteiger partial charge in [-0.1, -0.05) is 115 Å². The van der Waals surface area contributed by atoms with Crippen molar-refractivity contribution in [2.45, 2.75) is 19.0 Å². The topological polar surface area (TPSA) is 57.4 Å². The normalized spacial score (nSPS) is 14.4. The van der Waals surface area contributed by atoms with Gasteiger partial charge in [0.1, 0.15) is 0 Å². The van der Waals surface area contributed by atoms with Crippen LogP contribution in [0, 0.1) is 22.7 Å². The van der Waals surface area contributed by atoms with Gasteiger partial charge in [0, 0.05) is 21.7 Å². The number of fused-ring (bicyclic) bond motifs is 6. The average molecular weight is 757 g/mol. The van der Waals surface area contributed by atoms with Gasteiger partial charge in [0.25, 0.3) is 0 Å². The molecule has 10 rings (SSSR count). The van der Waals surface area contributed by atoms with Crippen LogP contribution in [0.3, 0.4) is 0 Å². The number of para-hydroxylation sites is 1. The van der Waals surface area contributed by atoms with Crippen molar-refractivity contribution in [2.24, 2.45) is 0 Å². The summed E-state index contributed by atoms with van der Waals surface area (Å²) < 4.78 is 50.4. The number of nitrogens with zero attached hydrogens (tertiary/aromatic N) is 4. The molecule has 0 radical (unpaired) electrons. The van der Waals surface area contributed by atoms with E-state index in [1.807, 2.05) is 94.1 Å². The van der Waals surface area contributed by atoms with Gasteiger partial charge < -0.3 is 9.13 Å². The number of nitriles is 2. The Hall–Kier alpha value is -7.61. The van der Waals surface area contributed by atoms with Gasteiger partial charge in [-0.3, -0.25) is 0 Å². The fourth-order valence-electron chi connectivity index (χ4n) is 8.71. The Morgan fingerprint density at radius 1 is 0.569 bits per heavy atom. The molecule has 276 valence electrons. The summed E-state index contributed by atoms with van der Waals surface area (Å²) in [5.41, 5.74) is 6.73. The van der Waals surface area contributed by atoms with E-state index in [9.17, 15) is 10.5 Å². The second-order valence-corrected chi connectivity index (χ2v) is 14.6. The Morgan fingerprint density at radius 2 is 1.29 bits per heavy atom. The van der Waals surface area contributed by atoms with E-state index in [2.05, 4.69) is 60.7 Å². The number of benzene rings is 6. The monoisotopic (exact) mass is 756 g/mol. The minimum absolute atomic E-state index is 0.0982. The molecule has 2 aromatic heterocycles. The van der Waals surface area contributed by atoms with E-state index in [4.69, 9.17) is 0 Å². The average Bonchev–Trinajstić information content (AvgIpc) is 3.78. The lowest BCUT2D eigenvalue weighted by Crippen LogP contribution is -2.21. The molecule has 2 aliphatic carbocycles. The third kappa shape index (κ3) is 5.59. The molecule has 8 aromatic rings. The van der Waals surface area contributed by atoms with Gasteiger partial charge in [-0.2, -0.15) is 23.7 Å². The Bertz CT molecular complexity index is 3340. The second-order valence-electron chi connectivity index (χ2n) is 14.6. The smallest absolute Gasteiger partial charge is 0.309 e. The lowest BCUT2D eigenvalue weighted by atomic mass is 9.92. The van der Waals surface area contributed by atoms with Crippen molar-refractivity contribution >= 4 is 44.4 Å². The second kappa shape index (κ2) is 13.5. The summed E-state index contributed by atoms with van der Waals surface area (Å²) >= 11 is 0. The highest BCUT2D eigenvalue weighted by Gasteiger charge is 2.36. The molecule has 2 aliphatic rings. The first-order chi connectivity index (χ1) is 28.3. The number of rotatable bonds is 4. The summed E-state index contributed by atoms with van der Waals surface area (Å²) in [6.07, 6.45) is 10.8. The summed E-state index contributed by atoms with van der Waals surface area (Å²) in [5, 5.41) is 25.2. The summed E-state index contributed by atoms with van der Waals surface area (Å²) in [6.45, 7) is 0. The fourth-order valence-corrected chi connectivity index (χ4v) is 8.71. The Morgan fingerprint density at radius 3 is 2.07 bits per heavy atom. The minimum Gasteiger partial charge on any atom is -0.309 e. The predicted molar refractivity (Wildman–Crippen MR) is 226 cm³/mol. The highest BCUT2D eigenvalue weighted by Crippen LogP contribution is 2.46. The van der Waals surface area contributed by atoms with Crippen molar-refractivity contribution in [3.8, 4) is 45.8 Å². The first-order valence-corrected chi connectivity index (χ1v) is 19.0. The van der Waals surface area contributed by atoms with Crippen LogP contribution >= 0.6 is 0 Å². The van der Waals surface area contributed by atoms with E-state index in [0.717, 1.165) is 78.0 Å².